The SMILES string of the molecule is CCCN(C(=O)CC)C1CCc2ccc(N)cc2C1. The number of nitrogens with two attached hydrogens (primary N) is 1. The number of amides is 1. The molecular formula is C16H24N2O. The Kier molecular flexibility index (Phi) is 4.46. The molecule has 1 aliphatic carbocycles. The predicted octanol–water partition coefficient (Wildman–Crippen LogP) is 2.77. The van der Waals surface area contributed by atoms with Gasteiger partial charge in [0.25, 0.3) is 0 Å². The molecule has 1 aromatic carbocycles. The van der Waals surface area contributed by atoms with Crippen molar-refractivity contribution in [1.29, 1.82) is 0 Å². The monoisotopic (exact) mass is 260 g/mol. The van der Waals surface area contributed by atoms with Crippen LogP contribution < -0.4 is 5.73 Å². The zero-order valence-electron chi connectivity index (χ0n) is 12.0. The molecule has 0 heterocycles. The van der Waals surface area contributed by atoms with Crippen LogP contribution in [0.4, 0.5) is 5.69 Å². The Balaban J connectivity index is 2.16. The number of nitrogen functional groups attached to an aromatic ring is 1. The van der Waals surface area contributed by atoms with E-state index in [4.69, 9.17) is 5.73 Å². The fourth-order valence-corrected chi connectivity index (χ4v) is 2.98. The standard InChI is InChI=1S/C16H24N2O/c1-3-9-18(16(19)4-2)15-8-6-12-5-7-14(17)10-13(12)11-15/h5,7,10,15H,3-4,6,8-9,11,17H2,1-2H3. The van der Waals surface area contributed by atoms with E-state index in [0.717, 1.165) is 37.9 Å². The number of anilines is 1. The molecule has 1 amide bonds. The summed E-state index contributed by atoms with van der Waals surface area (Å²) >= 11 is 0. The summed E-state index contributed by atoms with van der Waals surface area (Å²) in [6, 6.07) is 6.52. The molecule has 3 nitrogen and oxygen atoms in total. The summed E-state index contributed by atoms with van der Waals surface area (Å²) < 4.78 is 0. The van der Waals surface area contributed by atoms with Crippen molar-refractivity contribution in [1.82, 2.24) is 4.90 Å². The van der Waals surface area contributed by atoms with E-state index in [0.29, 0.717) is 12.5 Å². The van der Waals surface area contributed by atoms with Crippen molar-refractivity contribution < 1.29 is 4.79 Å². The van der Waals surface area contributed by atoms with Gasteiger partial charge in [0.1, 0.15) is 0 Å². The molecule has 1 atom stereocenters. The minimum absolute atomic E-state index is 0.277. The van der Waals surface area contributed by atoms with Gasteiger partial charge in [-0.3, -0.25) is 4.79 Å². The summed E-state index contributed by atoms with van der Waals surface area (Å²) in [5, 5.41) is 0. The van der Waals surface area contributed by atoms with Crippen LogP contribution in [0.1, 0.15) is 44.2 Å². The Morgan fingerprint density at radius 2 is 2.16 bits per heavy atom. The zero-order valence-corrected chi connectivity index (χ0v) is 12.0. The van der Waals surface area contributed by atoms with Gasteiger partial charge >= 0.3 is 0 Å². The Hall–Kier alpha value is -1.51. The summed E-state index contributed by atoms with van der Waals surface area (Å²) in [5.74, 6) is 0.277. The number of fused-ring (bicyclic) bond motifs is 1. The van der Waals surface area contributed by atoms with Crippen LogP contribution >= 0.6 is 0 Å². The van der Waals surface area contributed by atoms with Gasteiger partial charge < -0.3 is 10.6 Å². The predicted molar refractivity (Wildman–Crippen MR) is 79.0 cm³/mol. The first-order valence-corrected chi connectivity index (χ1v) is 7.32. The maximum atomic E-state index is 12.1. The third-order valence-corrected chi connectivity index (χ3v) is 3.96. The van der Waals surface area contributed by atoms with E-state index in [1.54, 1.807) is 0 Å². The summed E-state index contributed by atoms with van der Waals surface area (Å²) in [5.41, 5.74) is 9.40. The second-order valence-corrected chi connectivity index (χ2v) is 5.37. The van der Waals surface area contributed by atoms with Gasteiger partial charge in [0.05, 0.1) is 0 Å². The molecule has 0 spiro atoms. The molecule has 0 aliphatic heterocycles. The van der Waals surface area contributed by atoms with E-state index in [2.05, 4.69) is 24.0 Å². The lowest BCUT2D eigenvalue weighted by atomic mass is 9.87. The van der Waals surface area contributed by atoms with E-state index in [-0.39, 0.29) is 5.91 Å². The van der Waals surface area contributed by atoms with Gasteiger partial charge in [-0.2, -0.15) is 0 Å². The molecule has 2 N–H and O–H groups in total. The van der Waals surface area contributed by atoms with Gasteiger partial charge in [-0.05, 0) is 48.9 Å². The summed E-state index contributed by atoms with van der Waals surface area (Å²) in [4.78, 5) is 14.2. The highest BCUT2D eigenvalue weighted by molar-refractivity contribution is 5.76. The second kappa shape index (κ2) is 6.09. The summed E-state index contributed by atoms with van der Waals surface area (Å²) in [6.45, 7) is 4.94. The fourth-order valence-electron chi connectivity index (χ4n) is 2.98. The first kappa shape index (κ1) is 13.9. The average Bonchev–Trinajstić information content (AvgIpc) is 2.43. The van der Waals surface area contributed by atoms with Crippen LogP contribution in [0.3, 0.4) is 0 Å². The first-order chi connectivity index (χ1) is 9.15. The molecule has 0 aromatic heterocycles. The van der Waals surface area contributed by atoms with Crippen molar-refractivity contribution in [3.05, 3.63) is 29.3 Å². The van der Waals surface area contributed by atoms with Crippen molar-refractivity contribution >= 4 is 11.6 Å². The lowest BCUT2D eigenvalue weighted by molar-refractivity contribution is -0.133. The number of carbonyl (C=O) groups is 1. The minimum atomic E-state index is 0.277. The fraction of sp³-hybridized carbons (Fsp3) is 0.562. The molecule has 19 heavy (non-hydrogen) atoms. The lowest BCUT2D eigenvalue weighted by Gasteiger charge is -2.35. The van der Waals surface area contributed by atoms with E-state index in [9.17, 15) is 4.79 Å². The third-order valence-electron chi connectivity index (χ3n) is 3.96. The normalized spacial score (nSPS) is 17.9. The van der Waals surface area contributed by atoms with Crippen molar-refractivity contribution in [3.63, 3.8) is 0 Å². The molecular weight excluding hydrogens is 236 g/mol. The molecule has 104 valence electrons. The van der Waals surface area contributed by atoms with Crippen molar-refractivity contribution in [3.8, 4) is 0 Å². The van der Waals surface area contributed by atoms with Crippen LogP contribution in [0.5, 0.6) is 0 Å². The summed E-state index contributed by atoms with van der Waals surface area (Å²) in [6.07, 6.45) is 4.69. The molecule has 1 aliphatic rings. The molecule has 0 saturated heterocycles. The molecule has 0 bridgehead atoms. The van der Waals surface area contributed by atoms with Crippen molar-refractivity contribution in [2.75, 3.05) is 12.3 Å². The maximum absolute atomic E-state index is 12.1. The summed E-state index contributed by atoms with van der Waals surface area (Å²) in [7, 11) is 0. The van der Waals surface area contributed by atoms with Gasteiger partial charge in [-0.25, -0.2) is 0 Å². The maximum Gasteiger partial charge on any atom is 0.222 e. The quantitative estimate of drug-likeness (QED) is 0.846. The average molecular weight is 260 g/mol. The number of benzene rings is 1. The molecule has 3 heteroatoms. The van der Waals surface area contributed by atoms with Crippen LogP contribution in [-0.4, -0.2) is 23.4 Å². The Morgan fingerprint density at radius 3 is 2.84 bits per heavy atom. The van der Waals surface area contributed by atoms with E-state index < -0.39 is 0 Å². The highest BCUT2D eigenvalue weighted by Gasteiger charge is 2.26. The van der Waals surface area contributed by atoms with Crippen LogP contribution in [-0.2, 0) is 17.6 Å². The Labute approximate surface area is 115 Å². The Morgan fingerprint density at radius 1 is 1.37 bits per heavy atom. The van der Waals surface area contributed by atoms with Gasteiger partial charge in [-0.1, -0.05) is 19.9 Å². The van der Waals surface area contributed by atoms with Crippen molar-refractivity contribution in [2.24, 2.45) is 0 Å². The van der Waals surface area contributed by atoms with Crippen LogP contribution in [0, 0.1) is 0 Å². The van der Waals surface area contributed by atoms with E-state index in [1.807, 2.05) is 13.0 Å². The van der Waals surface area contributed by atoms with Crippen molar-refractivity contribution in [2.45, 2.75) is 52.0 Å². The van der Waals surface area contributed by atoms with Crippen LogP contribution in [0.15, 0.2) is 18.2 Å². The Bertz CT molecular complexity index is 456. The number of hydrogen-bond donors (Lipinski definition) is 1. The van der Waals surface area contributed by atoms with Gasteiger partial charge in [0, 0.05) is 24.7 Å². The van der Waals surface area contributed by atoms with E-state index in [1.165, 1.54) is 11.1 Å². The zero-order chi connectivity index (χ0) is 13.8. The molecule has 0 fully saturated rings. The molecule has 0 radical (unpaired) electrons. The van der Waals surface area contributed by atoms with E-state index >= 15 is 0 Å². The van der Waals surface area contributed by atoms with Gasteiger partial charge in [-0.15, -0.1) is 0 Å². The third kappa shape index (κ3) is 3.09. The van der Waals surface area contributed by atoms with Crippen LogP contribution in [0.25, 0.3) is 0 Å². The highest BCUT2D eigenvalue weighted by atomic mass is 16.2. The molecule has 0 saturated carbocycles. The van der Waals surface area contributed by atoms with Gasteiger partial charge in [0.15, 0.2) is 0 Å². The number of aryl methyl sites for hydroxylation is 1. The molecule has 1 aromatic rings. The number of hydrogen-bond acceptors (Lipinski definition) is 2. The molecule has 1 unspecified atom stereocenters. The largest absolute Gasteiger partial charge is 0.399 e. The second-order valence-electron chi connectivity index (χ2n) is 5.37. The smallest absolute Gasteiger partial charge is 0.222 e. The number of carbonyl (C=O) groups excluding carboxylic acids is 1. The molecule has 2 rings (SSSR count). The van der Waals surface area contributed by atoms with Crippen LogP contribution in [0.2, 0.25) is 0 Å². The highest BCUT2D eigenvalue weighted by Crippen LogP contribution is 2.26. The first-order valence-electron chi connectivity index (χ1n) is 7.32. The number of nitrogens with zero attached hydrogens (tertiary/aromatic N) is 1. The number of rotatable bonds is 4. The lowest BCUT2D eigenvalue weighted by Crippen LogP contribution is -2.43. The minimum Gasteiger partial charge on any atom is -0.399 e. The van der Waals surface area contributed by atoms with Gasteiger partial charge in [0.2, 0.25) is 5.91 Å². The topological polar surface area (TPSA) is 46.3 Å².